The summed E-state index contributed by atoms with van der Waals surface area (Å²) in [6.07, 6.45) is 8.75. The van der Waals surface area contributed by atoms with Crippen molar-refractivity contribution >= 4 is 0 Å². The number of aliphatic hydroxyl groups excluding tert-OH is 1. The predicted molar refractivity (Wildman–Crippen MR) is 55.8 cm³/mol. The molecule has 0 unspecified atom stereocenters. The van der Waals surface area contributed by atoms with Crippen molar-refractivity contribution in [3.8, 4) is 0 Å². The predicted octanol–water partition coefficient (Wildman–Crippen LogP) is 2.07. The fourth-order valence-electron chi connectivity index (χ4n) is 1.74. The SMILES string of the molecule is CCCCCCCN[C@@H]1CC[C@H]1O. The van der Waals surface area contributed by atoms with E-state index in [2.05, 4.69) is 12.2 Å². The standard InChI is InChI=1S/C11H23NO/c1-2-3-4-5-6-9-12-10-7-8-11(10)13/h10-13H,2-9H2,1H3/t10-,11-/m1/s1. The summed E-state index contributed by atoms with van der Waals surface area (Å²) in [5.41, 5.74) is 0. The van der Waals surface area contributed by atoms with E-state index in [-0.39, 0.29) is 6.10 Å². The molecule has 2 nitrogen and oxygen atoms in total. The van der Waals surface area contributed by atoms with Crippen molar-refractivity contribution in [2.75, 3.05) is 6.54 Å². The average Bonchev–Trinajstić information content (AvgIpc) is 2.14. The van der Waals surface area contributed by atoms with E-state index in [9.17, 15) is 5.11 Å². The lowest BCUT2D eigenvalue weighted by Crippen LogP contribution is -2.48. The zero-order valence-electron chi connectivity index (χ0n) is 8.76. The van der Waals surface area contributed by atoms with Crippen LogP contribution in [0.5, 0.6) is 0 Å². The van der Waals surface area contributed by atoms with Crippen LogP contribution in [0.1, 0.15) is 51.9 Å². The Bertz CT molecular complexity index is 127. The minimum atomic E-state index is -0.0596. The van der Waals surface area contributed by atoms with Crippen molar-refractivity contribution in [2.45, 2.75) is 64.0 Å². The number of hydrogen-bond donors (Lipinski definition) is 2. The lowest BCUT2D eigenvalue weighted by atomic mass is 9.89. The van der Waals surface area contributed by atoms with Crippen LogP contribution in [0.4, 0.5) is 0 Å². The van der Waals surface area contributed by atoms with Crippen LogP contribution in [0.3, 0.4) is 0 Å². The first kappa shape index (κ1) is 11.0. The molecule has 0 amide bonds. The number of nitrogens with one attached hydrogen (secondary N) is 1. The molecule has 0 aliphatic heterocycles. The van der Waals surface area contributed by atoms with Gasteiger partial charge in [-0.3, -0.25) is 0 Å². The van der Waals surface area contributed by atoms with Gasteiger partial charge in [0.05, 0.1) is 6.10 Å². The third-order valence-electron chi connectivity index (χ3n) is 2.92. The number of hydrogen-bond acceptors (Lipinski definition) is 2. The van der Waals surface area contributed by atoms with Gasteiger partial charge in [0.2, 0.25) is 0 Å². The second kappa shape index (κ2) is 6.39. The summed E-state index contributed by atoms with van der Waals surface area (Å²) in [4.78, 5) is 0. The monoisotopic (exact) mass is 185 g/mol. The average molecular weight is 185 g/mol. The molecule has 1 saturated carbocycles. The highest BCUT2D eigenvalue weighted by Crippen LogP contribution is 2.19. The van der Waals surface area contributed by atoms with E-state index < -0.39 is 0 Å². The number of unbranched alkanes of at least 4 members (excludes halogenated alkanes) is 4. The topological polar surface area (TPSA) is 32.3 Å². The summed E-state index contributed by atoms with van der Waals surface area (Å²) in [5, 5.41) is 12.7. The normalized spacial score (nSPS) is 27.2. The lowest BCUT2D eigenvalue weighted by Gasteiger charge is -2.33. The van der Waals surface area contributed by atoms with Crippen molar-refractivity contribution in [3.63, 3.8) is 0 Å². The molecular weight excluding hydrogens is 162 g/mol. The van der Waals surface area contributed by atoms with Gasteiger partial charge in [0, 0.05) is 6.04 Å². The molecule has 13 heavy (non-hydrogen) atoms. The molecule has 0 bridgehead atoms. The summed E-state index contributed by atoms with van der Waals surface area (Å²) in [6.45, 7) is 3.33. The number of rotatable bonds is 7. The van der Waals surface area contributed by atoms with Crippen molar-refractivity contribution in [2.24, 2.45) is 0 Å². The fraction of sp³-hybridized carbons (Fsp3) is 1.00. The highest BCUT2D eigenvalue weighted by molar-refractivity contribution is 4.85. The summed E-state index contributed by atoms with van der Waals surface area (Å²) in [5.74, 6) is 0. The van der Waals surface area contributed by atoms with Crippen LogP contribution in [-0.4, -0.2) is 23.8 Å². The summed E-state index contributed by atoms with van der Waals surface area (Å²) in [7, 11) is 0. The van der Waals surface area contributed by atoms with Crippen LogP contribution in [0.15, 0.2) is 0 Å². The van der Waals surface area contributed by atoms with Crippen molar-refractivity contribution in [1.82, 2.24) is 5.32 Å². The second-order valence-electron chi connectivity index (χ2n) is 4.12. The van der Waals surface area contributed by atoms with Gasteiger partial charge < -0.3 is 10.4 Å². The highest BCUT2D eigenvalue weighted by atomic mass is 16.3. The van der Waals surface area contributed by atoms with E-state index >= 15 is 0 Å². The molecule has 2 atom stereocenters. The van der Waals surface area contributed by atoms with Gasteiger partial charge in [-0.2, -0.15) is 0 Å². The van der Waals surface area contributed by atoms with E-state index in [0.717, 1.165) is 19.4 Å². The molecule has 1 fully saturated rings. The van der Waals surface area contributed by atoms with Crippen molar-refractivity contribution in [3.05, 3.63) is 0 Å². The molecule has 1 aliphatic rings. The molecular formula is C11H23NO. The molecule has 0 aromatic carbocycles. The van der Waals surface area contributed by atoms with Crippen LogP contribution >= 0.6 is 0 Å². The molecule has 0 heterocycles. The summed E-state index contributed by atoms with van der Waals surface area (Å²) < 4.78 is 0. The fourth-order valence-corrected chi connectivity index (χ4v) is 1.74. The van der Waals surface area contributed by atoms with Gasteiger partial charge in [-0.05, 0) is 25.8 Å². The Balaban J connectivity index is 1.79. The quantitative estimate of drug-likeness (QED) is 0.595. The Morgan fingerprint density at radius 2 is 1.92 bits per heavy atom. The van der Waals surface area contributed by atoms with Gasteiger partial charge in [-0.1, -0.05) is 32.6 Å². The molecule has 0 aromatic rings. The van der Waals surface area contributed by atoms with Crippen LogP contribution in [0.2, 0.25) is 0 Å². The van der Waals surface area contributed by atoms with Gasteiger partial charge in [0.1, 0.15) is 0 Å². The highest BCUT2D eigenvalue weighted by Gasteiger charge is 2.27. The van der Waals surface area contributed by atoms with Gasteiger partial charge in [-0.15, -0.1) is 0 Å². The van der Waals surface area contributed by atoms with E-state index in [1.807, 2.05) is 0 Å². The first-order valence-corrected chi connectivity index (χ1v) is 5.76. The minimum Gasteiger partial charge on any atom is -0.392 e. The van der Waals surface area contributed by atoms with Gasteiger partial charge in [-0.25, -0.2) is 0 Å². The van der Waals surface area contributed by atoms with Gasteiger partial charge >= 0.3 is 0 Å². The molecule has 2 N–H and O–H groups in total. The minimum absolute atomic E-state index is 0.0596. The second-order valence-corrected chi connectivity index (χ2v) is 4.12. The zero-order valence-corrected chi connectivity index (χ0v) is 8.76. The van der Waals surface area contributed by atoms with Crippen LogP contribution < -0.4 is 5.32 Å². The first-order chi connectivity index (χ1) is 6.34. The summed E-state index contributed by atoms with van der Waals surface area (Å²) in [6, 6.07) is 0.408. The third kappa shape index (κ3) is 4.10. The number of aliphatic hydroxyl groups is 1. The molecule has 1 aliphatic carbocycles. The molecule has 0 spiro atoms. The Labute approximate surface area is 81.7 Å². The summed E-state index contributed by atoms with van der Waals surface area (Å²) >= 11 is 0. The van der Waals surface area contributed by atoms with Gasteiger partial charge in [0.15, 0.2) is 0 Å². The van der Waals surface area contributed by atoms with Gasteiger partial charge in [0.25, 0.3) is 0 Å². The Morgan fingerprint density at radius 1 is 1.15 bits per heavy atom. The molecule has 0 radical (unpaired) electrons. The zero-order chi connectivity index (χ0) is 9.52. The van der Waals surface area contributed by atoms with E-state index in [0.29, 0.717) is 6.04 Å². The molecule has 0 aromatic heterocycles. The molecule has 1 rings (SSSR count). The van der Waals surface area contributed by atoms with E-state index in [1.54, 1.807) is 0 Å². The molecule has 2 heteroatoms. The smallest absolute Gasteiger partial charge is 0.0693 e. The lowest BCUT2D eigenvalue weighted by molar-refractivity contribution is 0.0501. The van der Waals surface area contributed by atoms with Crippen LogP contribution in [-0.2, 0) is 0 Å². The van der Waals surface area contributed by atoms with E-state index in [4.69, 9.17) is 0 Å². The van der Waals surface area contributed by atoms with Crippen LogP contribution in [0.25, 0.3) is 0 Å². The largest absolute Gasteiger partial charge is 0.392 e. The third-order valence-corrected chi connectivity index (χ3v) is 2.92. The maximum absolute atomic E-state index is 9.29. The first-order valence-electron chi connectivity index (χ1n) is 5.76. The van der Waals surface area contributed by atoms with Crippen LogP contribution in [0, 0.1) is 0 Å². The van der Waals surface area contributed by atoms with Crippen molar-refractivity contribution in [1.29, 1.82) is 0 Å². The maximum atomic E-state index is 9.29. The Morgan fingerprint density at radius 3 is 2.46 bits per heavy atom. The maximum Gasteiger partial charge on any atom is 0.0693 e. The van der Waals surface area contributed by atoms with Crippen molar-refractivity contribution < 1.29 is 5.11 Å². The van der Waals surface area contributed by atoms with E-state index in [1.165, 1.54) is 32.1 Å². The molecule has 0 saturated heterocycles. The Kier molecular flexibility index (Phi) is 5.40. The Hall–Kier alpha value is -0.0800. The molecule has 78 valence electrons.